The summed E-state index contributed by atoms with van der Waals surface area (Å²) in [5.41, 5.74) is 2.20. The zero-order valence-electron chi connectivity index (χ0n) is 14.1. The molecule has 0 aliphatic carbocycles. The zero-order valence-corrected chi connectivity index (χ0v) is 14.8. The van der Waals surface area contributed by atoms with Gasteiger partial charge in [-0.15, -0.1) is 0 Å². The number of alkyl halides is 1. The number of quaternary nitrogens is 1. The number of benzene rings is 1. The van der Waals surface area contributed by atoms with E-state index in [1.165, 1.54) is 0 Å². The van der Waals surface area contributed by atoms with Crippen LogP contribution < -0.4 is 10.1 Å². The standard InChI is InChI=1S/C18H25ClN3O2/c1-2-22(13-18-7-4-8-23-18)12-16(11-21-22)20-10-15-5-3-6-17(9-15)24-14-19/h3,5-6,9,11-12,18,20H,2,4,7-8,10,13-14H2,1H3/q+1. The van der Waals surface area contributed by atoms with E-state index in [9.17, 15) is 0 Å². The predicted octanol–water partition coefficient (Wildman–Crippen LogP) is 3.21. The summed E-state index contributed by atoms with van der Waals surface area (Å²) in [5, 5.41) is 8.17. The third-order valence-electron chi connectivity index (χ3n) is 4.51. The topological polar surface area (TPSA) is 42.8 Å². The van der Waals surface area contributed by atoms with Crippen LogP contribution in [0.15, 0.2) is 41.3 Å². The lowest BCUT2D eigenvalue weighted by Gasteiger charge is -2.26. The van der Waals surface area contributed by atoms with Crippen molar-refractivity contribution < 1.29 is 14.1 Å². The smallest absolute Gasteiger partial charge is 0.162 e. The Morgan fingerprint density at radius 3 is 3.12 bits per heavy atom. The van der Waals surface area contributed by atoms with E-state index in [1.807, 2.05) is 24.4 Å². The monoisotopic (exact) mass is 350 g/mol. The minimum Gasteiger partial charge on any atom is -0.478 e. The normalized spacial score (nSPS) is 25.8. The van der Waals surface area contributed by atoms with E-state index in [2.05, 4.69) is 24.5 Å². The number of allylic oxidation sites excluding steroid dienone is 1. The van der Waals surface area contributed by atoms with E-state index in [4.69, 9.17) is 26.2 Å². The van der Waals surface area contributed by atoms with Crippen molar-refractivity contribution in [3.05, 3.63) is 41.7 Å². The summed E-state index contributed by atoms with van der Waals surface area (Å²) >= 11 is 5.61. The van der Waals surface area contributed by atoms with Gasteiger partial charge in [0.2, 0.25) is 0 Å². The van der Waals surface area contributed by atoms with Crippen LogP contribution in [0, 0.1) is 0 Å². The fourth-order valence-electron chi connectivity index (χ4n) is 3.15. The van der Waals surface area contributed by atoms with E-state index in [1.54, 1.807) is 0 Å². The van der Waals surface area contributed by atoms with Gasteiger partial charge >= 0.3 is 0 Å². The molecule has 0 saturated carbocycles. The van der Waals surface area contributed by atoms with Crippen molar-refractivity contribution in [2.45, 2.75) is 32.4 Å². The maximum absolute atomic E-state index is 5.78. The highest BCUT2D eigenvalue weighted by molar-refractivity contribution is 6.17. The molecule has 1 N–H and O–H groups in total. The maximum Gasteiger partial charge on any atom is 0.162 e. The molecule has 3 rings (SSSR count). The summed E-state index contributed by atoms with van der Waals surface area (Å²) in [7, 11) is 0. The largest absolute Gasteiger partial charge is 0.478 e. The van der Waals surface area contributed by atoms with Gasteiger partial charge in [-0.3, -0.25) is 0 Å². The van der Waals surface area contributed by atoms with Crippen LogP contribution in [-0.4, -0.2) is 42.7 Å². The molecule has 2 aliphatic heterocycles. The molecule has 2 atom stereocenters. The highest BCUT2D eigenvalue weighted by Crippen LogP contribution is 2.23. The van der Waals surface area contributed by atoms with Gasteiger partial charge in [-0.2, -0.15) is 4.59 Å². The minimum atomic E-state index is 0.161. The van der Waals surface area contributed by atoms with E-state index in [0.29, 0.717) is 10.7 Å². The van der Waals surface area contributed by atoms with Gasteiger partial charge in [-0.25, -0.2) is 0 Å². The molecule has 5 nitrogen and oxygen atoms in total. The molecule has 0 spiro atoms. The number of nitrogens with one attached hydrogen (secondary N) is 1. The van der Waals surface area contributed by atoms with E-state index in [0.717, 1.165) is 56.1 Å². The van der Waals surface area contributed by atoms with Crippen LogP contribution in [-0.2, 0) is 11.3 Å². The molecule has 1 saturated heterocycles. The average molecular weight is 351 g/mol. The van der Waals surface area contributed by atoms with E-state index >= 15 is 0 Å². The molecule has 0 aromatic heterocycles. The van der Waals surface area contributed by atoms with Crippen LogP contribution in [0.3, 0.4) is 0 Å². The van der Waals surface area contributed by atoms with Crippen molar-refractivity contribution >= 4 is 17.8 Å². The number of halogens is 1. The first-order valence-corrected chi connectivity index (χ1v) is 9.05. The second-order valence-corrected chi connectivity index (χ2v) is 6.42. The van der Waals surface area contributed by atoms with Gasteiger partial charge < -0.3 is 14.8 Å². The number of rotatable bonds is 8. The molecule has 2 aliphatic rings. The van der Waals surface area contributed by atoms with Crippen LogP contribution in [0.1, 0.15) is 25.3 Å². The van der Waals surface area contributed by atoms with Gasteiger partial charge in [-0.05, 0) is 37.5 Å². The quantitative estimate of drug-likeness (QED) is 0.578. The first-order chi connectivity index (χ1) is 11.7. The van der Waals surface area contributed by atoms with Crippen LogP contribution in [0.4, 0.5) is 0 Å². The number of hydrogen-bond acceptors (Lipinski definition) is 4. The fraction of sp³-hybridized carbons (Fsp3) is 0.500. The predicted molar refractivity (Wildman–Crippen MR) is 95.8 cm³/mol. The molecular weight excluding hydrogens is 326 g/mol. The number of hydrogen-bond donors (Lipinski definition) is 1. The lowest BCUT2D eigenvalue weighted by Crippen LogP contribution is -2.42. The van der Waals surface area contributed by atoms with Crippen molar-refractivity contribution in [1.29, 1.82) is 0 Å². The Kier molecular flexibility index (Phi) is 5.76. The summed E-state index contributed by atoms with van der Waals surface area (Å²) in [6, 6.07) is 8.10. The third-order valence-corrected chi connectivity index (χ3v) is 4.62. The van der Waals surface area contributed by atoms with Crippen LogP contribution in [0.25, 0.3) is 0 Å². The Bertz CT molecular complexity index is 614. The molecule has 1 aromatic rings. The van der Waals surface area contributed by atoms with Gasteiger partial charge in [0.1, 0.15) is 43.1 Å². The SMILES string of the molecule is CC[N+]1(CC2CCCO2)C=C(NCc2cccc(OCCl)c2)C=N1. The van der Waals surface area contributed by atoms with Gasteiger partial charge in [0.05, 0.1) is 0 Å². The summed E-state index contributed by atoms with van der Waals surface area (Å²) < 4.78 is 11.7. The molecule has 2 heterocycles. The van der Waals surface area contributed by atoms with Crippen molar-refractivity contribution in [3.63, 3.8) is 0 Å². The van der Waals surface area contributed by atoms with Crippen molar-refractivity contribution in [3.8, 4) is 5.75 Å². The molecule has 130 valence electrons. The summed E-state index contributed by atoms with van der Waals surface area (Å²) in [5.74, 6) is 0.787. The Hall–Kier alpha value is -1.56. The molecular formula is C18H25ClN3O2+. The summed E-state index contributed by atoms with van der Waals surface area (Å²) in [6.07, 6.45) is 6.74. The van der Waals surface area contributed by atoms with Gasteiger partial charge in [0, 0.05) is 13.2 Å². The zero-order chi connectivity index (χ0) is 16.8. The van der Waals surface area contributed by atoms with Crippen molar-refractivity contribution in [2.24, 2.45) is 5.10 Å². The fourth-order valence-corrected chi connectivity index (χ4v) is 3.28. The third kappa shape index (κ3) is 4.29. The molecule has 2 unspecified atom stereocenters. The van der Waals surface area contributed by atoms with Crippen LogP contribution in [0.5, 0.6) is 5.75 Å². The number of nitrogens with zero attached hydrogens (tertiary/aromatic N) is 2. The molecule has 6 heteroatoms. The van der Waals surface area contributed by atoms with Crippen LogP contribution in [0.2, 0.25) is 0 Å². The van der Waals surface area contributed by atoms with Gasteiger partial charge in [0.25, 0.3) is 0 Å². The average Bonchev–Trinajstić information content (AvgIpc) is 3.25. The highest BCUT2D eigenvalue weighted by atomic mass is 35.5. The lowest BCUT2D eigenvalue weighted by molar-refractivity contribution is -0.885. The van der Waals surface area contributed by atoms with Crippen molar-refractivity contribution in [1.82, 2.24) is 5.32 Å². The molecule has 24 heavy (non-hydrogen) atoms. The second kappa shape index (κ2) is 8.01. The Labute approximate surface area is 148 Å². The van der Waals surface area contributed by atoms with Crippen LogP contribution >= 0.6 is 11.6 Å². The van der Waals surface area contributed by atoms with E-state index in [-0.39, 0.29) is 6.07 Å². The number of likely N-dealkylation sites (N-methyl/N-ethyl adjacent to an activating group) is 1. The van der Waals surface area contributed by atoms with E-state index < -0.39 is 0 Å². The van der Waals surface area contributed by atoms with Gasteiger partial charge in [0.15, 0.2) is 6.07 Å². The Morgan fingerprint density at radius 2 is 2.38 bits per heavy atom. The van der Waals surface area contributed by atoms with Crippen molar-refractivity contribution in [2.75, 3.05) is 25.8 Å². The maximum atomic E-state index is 5.78. The minimum absolute atomic E-state index is 0.161. The molecule has 0 radical (unpaired) electrons. The molecule has 1 aromatic carbocycles. The second-order valence-electron chi connectivity index (χ2n) is 6.20. The first-order valence-electron chi connectivity index (χ1n) is 8.51. The molecule has 1 fully saturated rings. The molecule has 0 amide bonds. The van der Waals surface area contributed by atoms with Gasteiger partial charge in [-0.1, -0.05) is 28.8 Å². The first kappa shape index (κ1) is 17.3. The Balaban J connectivity index is 1.59. The Morgan fingerprint density at radius 1 is 1.46 bits per heavy atom. The highest BCUT2D eigenvalue weighted by Gasteiger charge is 2.33. The lowest BCUT2D eigenvalue weighted by atomic mass is 10.2. The summed E-state index contributed by atoms with van der Waals surface area (Å²) in [6.45, 7) is 5.62. The number of ether oxygens (including phenoxy) is 2. The summed E-state index contributed by atoms with van der Waals surface area (Å²) in [4.78, 5) is 0. The molecule has 0 bridgehead atoms.